The lowest BCUT2D eigenvalue weighted by Crippen LogP contribution is -1.98. The predicted molar refractivity (Wildman–Crippen MR) is 51.5 cm³/mol. The van der Waals surface area contributed by atoms with Crippen molar-refractivity contribution in [3.63, 3.8) is 0 Å². The molecule has 0 aliphatic heterocycles. The third kappa shape index (κ3) is 1.24. The van der Waals surface area contributed by atoms with E-state index in [1.807, 2.05) is 16.8 Å². The number of nitrogens with zero attached hydrogens (tertiary/aromatic N) is 3. The summed E-state index contributed by atoms with van der Waals surface area (Å²) in [5.74, 6) is 0. The van der Waals surface area contributed by atoms with E-state index in [0.717, 1.165) is 11.0 Å². The second kappa shape index (κ2) is 3.48. The van der Waals surface area contributed by atoms with E-state index >= 15 is 0 Å². The van der Waals surface area contributed by atoms with Gasteiger partial charge >= 0.3 is 0 Å². The molecule has 14 heavy (non-hydrogen) atoms. The van der Waals surface area contributed by atoms with Crippen molar-refractivity contribution < 1.29 is 4.74 Å². The van der Waals surface area contributed by atoms with Crippen molar-refractivity contribution in [3.05, 3.63) is 30.1 Å². The Morgan fingerprint density at radius 2 is 2.43 bits per heavy atom. The number of fused-ring (bicyclic) bond motifs is 1. The summed E-state index contributed by atoms with van der Waals surface area (Å²) < 4.78 is 6.87. The summed E-state index contributed by atoms with van der Waals surface area (Å²) in [6.45, 7) is 0.450. The summed E-state index contributed by atoms with van der Waals surface area (Å²) in [6.07, 6.45) is 3.50. The number of pyridine rings is 1. The first-order valence-electron chi connectivity index (χ1n) is 4.19. The molecule has 0 aromatic carbocycles. The standard InChI is InChI=1S/C10H9N3O/c1-14-7-13-5-3-9-8(6-11)2-4-12-10(9)13/h2-5H,7H2,1H3. The van der Waals surface area contributed by atoms with E-state index in [4.69, 9.17) is 10.00 Å². The van der Waals surface area contributed by atoms with Crippen LogP contribution in [0.3, 0.4) is 0 Å². The van der Waals surface area contributed by atoms with Gasteiger partial charge in [0.15, 0.2) is 0 Å². The van der Waals surface area contributed by atoms with Crippen LogP contribution in [0, 0.1) is 11.3 Å². The van der Waals surface area contributed by atoms with Crippen molar-refractivity contribution in [2.75, 3.05) is 7.11 Å². The van der Waals surface area contributed by atoms with Crippen LogP contribution < -0.4 is 0 Å². The molecular formula is C10H9N3O. The molecule has 0 unspecified atom stereocenters. The number of nitriles is 1. The fourth-order valence-corrected chi connectivity index (χ4v) is 1.43. The Morgan fingerprint density at radius 1 is 1.57 bits per heavy atom. The van der Waals surface area contributed by atoms with Crippen LogP contribution in [0.2, 0.25) is 0 Å². The van der Waals surface area contributed by atoms with Gasteiger partial charge in [-0.1, -0.05) is 0 Å². The van der Waals surface area contributed by atoms with Gasteiger partial charge in [0.25, 0.3) is 0 Å². The smallest absolute Gasteiger partial charge is 0.143 e. The molecule has 0 spiro atoms. The molecule has 4 nitrogen and oxygen atoms in total. The lowest BCUT2D eigenvalue weighted by Gasteiger charge is -2.01. The van der Waals surface area contributed by atoms with Crippen LogP contribution in [0.15, 0.2) is 24.5 Å². The maximum absolute atomic E-state index is 8.86. The minimum absolute atomic E-state index is 0.450. The molecule has 0 bridgehead atoms. The molecule has 2 aromatic heterocycles. The third-order valence-corrected chi connectivity index (χ3v) is 2.05. The van der Waals surface area contributed by atoms with Crippen LogP contribution in [0.5, 0.6) is 0 Å². The number of rotatable bonds is 2. The fraction of sp³-hybridized carbons (Fsp3) is 0.200. The Morgan fingerprint density at radius 3 is 3.14 bits per heavy atom. The van der Waals surface area contributed by atoms with Crippen LogP contribution in [0.25, 0.3) is 11.0 Å². The molecule has 2 aromatic rings. The average molecular weight is 187 g/mol. The number of hydrogen-bond donors (Lipinski definition) is 0. The van der Waals surface area contributed by atoms with E-state index in [1.165, 1.54) is 0 Å². The van der Waals surface area contributed by atoms with E-state index in [2.05, 4.69) is 11.1 Å². The Hall–Kier alpha value is -1.86. The zero-order valence-electron chi connectivity index (χ0n) is 7.77. The Labute approximate surface area is 81.4 Å². The lowest BCUT2D eigenvalue weighted by atomic mass is 10.2. The zero-order chi connectivity index (χ0) is 9.97. The van der Waals surface area contributed by atoms with Gasteiger partial charge in [-0.05, 0) is 12.1 Å². The molecule has 0 N–H and O–H groups in total. The van der Waals surface area contributed by atoms with Gasteiger partial charge in [0.05, 0.1) is 11.6 Å². The highest BCUT2D eigenvalue weighted by Crippen LogP contribution is 2.16. The Bertz CT molecular complexity index is 496. The molecule has 0 saturated heterocycles. The van der Waals surface area contributed by atoms with Crippen molar-refractivity contribution in [1.82, 2.24) is 9.55 Å². The predicted octanol–water partition coefficient (Wildman–Crippen LogP) is 1.51. The van der Waals surface area contributed by atoms with Crippen LogP contribution in [0.4, 0.5) is 0 Å². The van der Waals surface area contributed by atoms with Crippen molar-refractivity contribution in [2.24, 2.45) is 0 Å². The Kier molecular flexibility index (Phi) is 2.17. The quantitative estimate of drug-likeness (QED) is 0.716. The molecule has 2 heterocycles. The summed E-state index contributed by atoms with van der Waals surface area (Å²) in [4.78, 5) is 4.20. The first kappa shape index (κ1) is 8.73. The maximum atomic E-state index is 8.86. The number of hydrogen-bond acceptors (Lipinski definition) is 3. The van der Waals surface area contributed by atoms with Gasteiger partial charge in [-0.15, -0.1) is 0 Å². The van der Waals surface area contributed by atoms with E-state index in [0.29, 0.717) is 12.3 Å². The van der Waals surface area contributed by atoms with E-state index in [1.54, 1.807) is 19.4 Å². The highest BCUT2D eigenvalue weighted by Gasteiger charge is 2.05. The SMILES string of the molecule is COCn1ccc2c(C#N)ccnc21. The van der Waals surface area contributed by atoms with Gasteiger partial charge in [-0.25, -0.2) is 4.98 Å². The molecule has 0 amide bonds. The minimum atomic E-state index is 0.450. The lowest BCUT2D eigenvalue weighted by molar-refractivity contribution is 0.134. The normalized spacial score (nSPS) is 10.3. The van der Waals surface area contributed by atoms with Gasteiger partial charge in [0.1, 0.15) is 12.4 Å². The summed E-state index contributed by atoms with van der Waals surface area (Å²) in [7, 11) is 1.62. The highest BCUT2D eigenvalue weighted by atomic mass is 16.5. The van der Waals surface area contributed by atoms with Crippen LogP contribution in [-0.4, -0.2) is 16.7 Å². The zero-order valence-corrected chi connectivity index (χ0v) is 7.77. The van der Waals surface area contributed by atoms with E-state index in [-0.39, 0.29) is 0 Å². The number of aromatic nitrogens is 2. The summed E-state index contributed by atoms with van der Waals surface area (Å²) in [5.41, 5.74) is 1.43. The van der Waals surface area contributed by atoms with E-state index < -0.39 is 0 Å². The fourth-order valence-electron chi connectivity index (χ4n) is 1.43. The Balaban J connectivity index is 2.65. The average Bonchev–Trinajstić information content (AvgIpc) is 2.62. The van der Waals surface area contributed by atoms with Gasteiger partial charge < -0.3 is 9.30 Å². The third-order valence-electron chi connectivity index (χ3n) is 2.05. The topological polar surface area (TPSA) is 50.8 Å². The van der Waals surface area contributed by atoms with Crippen molar-refractivity contribution >= 4 is 11.0 Å². The second-order valence-electron chi connectivity index (χ2n) is 2.91. The van der Waals surface area contributed by atoms with Gasteiger partial charge in [0, 0.05) is 24.9 Å². The second-order valence-corrected chi connectivity index (χ2v) is 2.91. The summed E-state index contributed by atoms with van der Waals surface area (Å²) in [6, 6.07) is 5.71. The molecule has 0 atom stereocenters. The number of ether oxygens (including phenoxy) is 1. The molecule has 0 radical (unpaired) electrons. The van der Waals surface area contributed by atoms with Crippen LogP contribution >= 0.6 is 0 Å². The number of methoxy groups -OCH3 is 1. The molecule has 4 heteroatoms. The van der Waals surface area contributed by atoms with Crippen LogP contribution in [-0.2, 0) is 11.5 Å². The monoisotopic (exact) mass is 187 g/mol. The van der Waals surface area contributed by atoms with Gasteiger partial charge in [-0.3, -0.25) is 0 Å². The summed E-state index contributed by atoms with van der Waals surface area (Å²) in [5, 5.41) is 9.72. The summed E-state index contributed by atoms with van der Waals surface area (Å²) >= 11 is 0. The first-order valence-corrected chi connectivity index (χ1v) is 4.19. The van der Waals surface area contributed by atoms with Gasteiger partial charge in [0.2, 0.25) is 0 Å². The highest BCUT2D eigenvalue weighted by molar-refractivity contribution is 5.82. The molecule has 0 aliphatic rings. The molecule has 0 aliphatic carbocycles. The van der Waals surface area contributed by atoms with Crippen molar-refractivity contribution in [2.45, 2.75) is 6.73 Å². The van der Waals surface area contributed by atoms with Crippen molar-refractivity contribution in [3.8, 4) is 6.07 Å². The van der Waals surface area contributed by atoms with E-state index in [9.17, 15) is 0 Å². The molecule has 0 fully saturated rings. The minimum Gasteiger partial charge on any atom is -0.364 e. The van der Waals surface area contributed by atoms with Gasteiger partial charge in [-0.2, -0.15) is 5.26 Å². The van der Waals surface area contributed by atoms with Crippen molar-refractivity contribution in [1.29, 1.82) is 5.26 Å². The maximum Gasteiger partial charge on any atom is 0.143 e. The molecule has 70 valence electrons. The van der Waals surface area contributed by atoms with Crippen LogP contribution in [0.1, 0.15) is 5.56 Å². The molecular weight excluding hydrogens is 178 g/mol. The molecule has 0 saturated carbocycles. The largest absolute Gasteiger partial charge is 0.364 e. The molecule has 2 rings (SSSR count). The first-order chi connectivity index (χ1) is 6.86.